The maximum Gasteiger partial charge on any atom is 0.319 e. The van der Waals surface area contributed by atoms with Crippen LogP contribution in [0.2, 0.25) is 0 Å². The molecule has 1 aromatic heterocycles. The molecule has 0 fully saturated rings. The Balaban J connectivity index is 1.72. The second-order valence-corrected chi connectivity index (χ2v) is 6.20. The maximum absolute atomic E-state index is 12.4. The Morgan fingerprint density at radius 2 is 2.12 bits per heavy atom. The third-order valence-electron chi connectivity index (χ3n) is 4.52. The van der Waals surface area contributed by atoms with Crippen LogP contribution in [-0.2, 0) is 13.0 Å². The summed E-state index contributed by atoms with van der Waals surface area (Å²) in [5.41, 5.74) is 0.637. The van der Waals surface area contributed by atoms with Gasteiger partial charge < -0.3 is 19.9 Å². The van der Waals surface area contributed by atoms with E-state index < -0.39 is 0 Å². The highest BCUT2D eigenvalue weighted by Gasteiger charge is 2.22. The molecule has 25 heavy (non-hydrogen) atoms. The van der Waals surface area contributed by atoms with Gasteiger partial charge in [-0.2, -0.15) is 0 Å². The highest BCUT2D eigenvalue weighted by Crippen LogP contribution is 2.24. The maximum atomic E-state index is 12.4. The van der Waals surface area contributed by atoms with Crippen LogP contribution in [-0.4, -0.2) is 27.9 Å². The number of amides is 2. The number of anilines is 1. The van der Waals surface area contributed by atoms with Crippen molar-refractivity contribution in [3.63, 3.8) is 0 Å². The van der Waals surface area contributed by atoms with E-state index >= 15 is 0 Å². The second-order valence-electron chi connectivity index (χ2n) is 6.20. The van der Waals surface area contributed by atoms with Crippen molar-refractivity contribution in [2.24, 2.45) is 0 Å². The number of aromatic nitrogens is 3. The fourth-order valence-electron chi connectivity index (χ4n) is 3.18. The van der Waals surface area contributed by atoms with E-state index in [1.807, 2.05) is 31.2 Å². The minimum Gasteiger partial charge on any atom is -0.495 e. The molecule has 7 heteroatoms. The third kappa shape index (κ3) is 3.92. The quantitative estimate of drug-likeness (QED) is 0.873. The van der Waals surface area contributed by atoms with Crippen molar-refractivity contribution in [2.75, 3.05) is 12.4 Å². The number of urea groups is 1. The number of hydrogen-bond acceptors (Lipinski definition) is 4. The first kappa shape index (κ1) is 17.3. The number of carbonyl (C=O) groups excluding carboxylic acids is 1. The van der Waals surface area contributed by atoms with E-state index in [-0.39, 0.29) is 12.1 Å². The number of carbonyl (C=O) groups is 1. The fraction of sp³-hybridized carbons (Fsp3) is 0.500. The Labute approximate surface area is 147 Å². The van der Waals surface area contributed by atoms with Gasteiger partial charge in [0.1, 0.15) is 11.6 Å². The Morgan fingerprint density at radius 1 is 1.28 bits per heavy atom. The van der Waals surface area contributed by atoms with Crippen LogP contribution in [0.4, 0.5) is 10.5 Å². The van der Waals surface area contributed by atoms with Gasteiger partial charge in [-0.05, 0) is 31.4 Å². The molecule has 0 saturated carbocycles. The highest BCUT2D eigenvalue weighted by molar-refractivity contribution is 5.91. The van der Waals surface area contributed by atoms with E-state index in [9.17, 15) is 4.79 Å². The van der Waals surface area contributed by atoms with Crippen LogP contribution in [0.1, 0.15) is 50.3 Å². The SMILES string of the molecule is CCC(NC(=O)Nc1ccccc1OC)c1nnc2n1CCCCC2. The molecule has 2 aromatic rings. The van der Waals surface area contributed by atoms with Crippen LogP contribution in [0.5, 0.6) is 5.75 Å². The predicted octanol–water partition coefficient (Wildman–Crippen LogP) is 3.29. The van der Waals surface area contributed by atoms with Crippen molar-refractivity contribution in [3.05, 3.63) is 35.9 Å². The fourth-order valence-corrected chi connectivity index (χ4v) is 3.18. The first-order valence-electron chi connectivity index (χ1n) is 8.85. The van der Waals surface area contributed by atoms with Crippen molar-refractivity contribution >= 4 is 11.7 Å². The summed E-state index contributed by atoms with van der Waals surface area (Å²) >= 11 is 0. The Bertz CT molecular complexity index is 728. The van der Waals surface area contributed by atoms with E-state index in [2.05, 4.69) is 25.4 Å². The molecule has 1 aliphatic rings. The lowest BCUT2D eigenvalue weighted by Crippen LogP contribution is -2.34. The van der Waals surface area contributed by atoms with Crippen molar-refractivity contribution in [1.29, 1.82) is 0 Å². The average Bonchev–Trinajstić information content (AvgIpc) is 2.88. The van der Waals surface area contributed by atoms with Crippen LogP contribution in [0.25, 0.3) is 0 Å². The van der Waals surface area contributed by atoms with Crippen LogP contribution >= 0.6 is 0 Å². The number of fused-ring (bicyclic) bond motifs is 1. The molecule has 0 radical (unpaired) electrons. The smallest absolute Gasteiger partial charge is 0.319 e. The molecule has 1 aromatic carbocycles. The molecule has 134 valence electrons. The third-order valence-corrected chi connectivity index (χ3v) is 4.52. The number of para-hydroxylation sites is 2. The zero-order chi connectivity index (χ0) is 17.6. The van der Waals surface area contributed by atoms with Gasteiger partial charge in [-0.15, -0.1) is 10.2 Å². The molecule has 0 spiro atoms. The Morgan fingerprint density at radius 3 is 2.92 bits per heavy atom. The van der Waals surface area contributed by atoms with Gasteiger partial charge in [0.2, 0.25) is 0 Å². The standard InChI is InChI=1S/C18H25N5O2/c1-3-13(17-22-21-16-11-5-4-8-12-23(16)17)19-18(24)20-14-9-6-7-10-15(14)25-2/h6-7,9-10,13H,3-5,8,11-12H2,1-2H3,(H2,19,20,24). The van der Waals surface area contributed by atoms with Crippen molar-refractivity contribution in [1.82, 2.24) is 20.1 Å². The monoisotopic (exact) mass is 343 g/mol. The zero-order valence-corrected chi connectivity index (χ0v) is 14.8. The Hall–Kier alpha value is -2.57. The van der Waals surface area contributed by atoms with E-state index in [4.69, 9.17) is 4.74 Å². The number of hydrogen-bond donors (Lipinski definition) is 2. The first-order chi connectivity index (χ1) is 12.2. The molecule has 3 rings (SSSR count). The van der Waals surface area contributed by atoms with E-state index in [1.54, 1.807) is 7.11 Å². The van der Waals surface area contributed by atoms with Crippen LogP contribution in [0.3, 0.4) is 0 Å². The summed E-state index contributed by atoms with van der Waals surface area (Å²) in [5.74, 6) is 2.49. The van der Waals surface area contributed by atoms with Crippen LogP contribution in [0.15, 0.2) is 24.3 Å². The number of aryl methyl sites for hydroxylation is 1. The summed E-state index contributed by atoms with van der Waals surface area (Å²) in [5, 5.41) is 14.5. The number of methoxy groups -OCH3 is 1. The summed E-state index contributed by atoms with van der Waals surface area (Å²) in [4.78, 5) is 12.4. The number of benzene rings is 1. The summed E-state index contributed by atoms with van der Waals surface area (Å²) in [6.07, 6.45) is 5.19. The van der Waals surface area contributed by atoms with Crippen molar-refractivity contribution < 1.29 is 9.53 Å². The van der Waals surface area contributed by atoms with E-state index in [0.717, 1.165) is 43.9 Å². The highest BCUT2D eigenvalue weighted by atomic mass is 16.5. The molecular formula is C18H25N5O2. The normalized spacial score (nSPS) is 15.0. The molecule has 0 aliphatic carbocycles. The molecule has 1 aliphatic heterocycles. The van der Waals surface area contributed by atoms with Crippen molar-refractivity contribution in [2.45, 2.75) is 51.6 Å². The van der Waals surface area contributed by atoms with Crippen LogP contribution < -0.4 is 15.4 Å². The van der Waals surface area contributed by atoms with Gasteiger partial charge in [0.05, 0.1) is 18.8 Å². The average molecular weight is 343 g/mol. The summed E-state index contributed by atoms with van der Waals surface area (Å²) < 4.78 is 7.44. The van der Waals surface area contributed by atoms with Gasteiger partial charge in [0.25, 0.3) is 0 Å². The minimum absolute atomic E-state index is 0.172. The second kappa shape index (κ2) is 8.00. The summed E-state index contributed by atoms with van der Waals surface area (Å²) in [6, 6.07) is 6.89. The van der Waals surface area contributed by atoms with Gasteiger partial charge in [-0.25, -0.2) is 4.79 Å². The molecule has 2 heterocycles. The molecule has 2 amide bonds. The molecule has 1 atom stereocenters. The first-order valence-corrected chi connectivity index (χ1v) is 8.85. The summed E-state index contributed by atoms with van der Waals surface area (Å²) in [6.45, 7) is 2.95. The van der Waals surface area contributed by atoms with Gasteiger partial charge in [0, 0.05) is 13.0 Å². The lowest BCUT2D eigenvalue weighted by atomic mass is 10.2. The molecule has 0 bridgehead atoms. The zero-order valence-electron chi connectivity index (χ0n) is 14.8. The molecule has 2 N–H and O–H groups in total. The van der Waals surface area contributed by atoms with Gasteiger partial charge >= 0.3 is 6.03 Å². The lowest BCUT2D eigenvalue weighted by molar-refractivity contribution is 0.247. The number of nitrogens with one attached hydrogen (secondary N) is 2. The van der Waals surface area contributed by atoms with Gasteiger partial charge in [-0.1, -0.05) is 25.5 Å². The molecular weight excluding hydrogens is 318 g/mol. The van der Waals surface area contributed by atoms with Gasteiger partial charge in [-0.3, -0.25) is 0 Å². The topological polar surface area (TPSA) is 81.1 Å². The number of rotatable bonds is 5. The molecule has 1 unspecified atom stereocenters. The minimum atomic E-state index is -0.276. The number of ether oxygens (including phenoxy) is 1. The molecule has 0 saturated heterocycles. The molecule has 7 nitrogen and oxygen atoms in total. The number of nitrogens with zero attached hydrogens (tertiary/aromatic N) is 3. The Kier molecular flexibility index (Phi) is 5.53. The van der Waals surface area contributed by atoms with E-state index in [0.29, 0.717) is 11.4 Å². The lowest BCUT2D eigenvalue weighted by Gasteiger charge is -2.19. The van der Waals surface area contributed by atoms with E-state index in [1.165, 1.54) is 6.42 Å². The van der Waals surface area contributed by atoms with Crippen molar-refractivity contribution in [3.8, 4) is 5.75 Å². The summed E-state index contributed by atoms with van der Waals surface area (Å²) in [7, 11) is 1.58. The van der Waals surface area contributed by atoms with Gasteiger partial charge in [0.15, 0.2) is 5.82 Å². The largest absolute Gasteiger partial charge is 0.495 e. The predicted molar refractivity (Wildman–Crippen MR) is 95.8 cm³/mol. The van der Waals surface area contributed by atoms with Crippen LogP contribution in [0, 0.1) is 0 Å².